The number of nitrogens with zero attached hydrogens (tertiary/aromatic N) is 2. The second-order valence-electron chi connectivity index (χ2n) is 8.45. The molecule has 0 aliphatic heterocycles. The molecule has 212 valence electrons. The Kier molecular flexibility index (Phi) is 7.36. The monoisotopic (exact) mass is 589 g/mol. The van der Waals surface area contributed by atoms with Crippen molar-refractivity contribution < 1.29 is 47.2 Å². The second kappa shape index (κ2) is 9.84. The third kappa shape index (κ3) is 6.86. The van der Waals surface area contributed by atoms with Gasteiger partial charge in [0.1, 0.15) is 11.5 Å². The van der Waals surface area contributed by atoms with Crippen LogP contribution in [0.5, 0.6) is 23.0 Å². The van der Waals surface area contributed by atoms with E-state index in [9.17, 15) is 43.5 Å². The van der Waals surface area contributed by atoms with Crippen LogP contribution in [0.2, 0.25) is 0 Å². The van der Waals surface area contributed by atoms with Crippen molar-refractivity contribution in [3.05, 3.63) is 77.4 Å². The van der Waals surface area contributed by atoms with Gasteiger partial charge in [0.05, 0.1) is 24.8 Å². The number of nitrogens with one attached hydrogen (secondary N) is 1. The minimum atomic E-state index is -9.95. The van der Waals surface area contributed by atoms with E-state index in [-0.39, 0.29) is 34.9 Å². The lowest BCUT2D eigenvalue weighted by atomic mass is 10.0. The van der Waals surface area contributed by atoms with Gasteiger partial charge in [0.25, 0.3) is 5.91 Å². The van der Waals surface area contributed by atoms with Crippen molar-refractivity contribution >= 4 is 16.1 Å². The lowest BCUT2D eigenvalue weighted by Crippen LogP contribution is -2.49. The number of amides is 1. The van der Waals surface area contributed by atoms with Crippen LogP contribution in [0, 0.1) is 34.3 Å². The molecule has 0 aromatic heterocycles. The highest BCUT2D eigenvalue weighted by atomic mass is 32.5. The van der Waals surface area contributed by atoms with Gasteiger partial charge in [0.2, 0.25) is 11.6 Å². The van der Waals surface area contributed by atoms with Gasteiger partial charge in [0, 0.05) is 11.6 Å². The molecule has 15 heteroatoms. The first kappa shape index (κ1) is 29.9. The summed E-state index contributed by atoms with van der Waals surface area (Å²) in [5, 5.41) is 21.1. The van der Waals surface area contributed by atoms with E-state index in [0.717, 1.165) is 25.3 Å². The van der Waals surface area contributed by atoms with Crippen molar-refractivity contribution in [2.45, 2.75) is 17.4 Å². The van der Waals surface area contributed by atoms with E-state index in [1.165, 1.54) is 19.1 Å². The first-order chi connectivity index (χ1) is 18.4. The quantitative estimate of drug-likeness (QED) is 0.261. The van der Waals surface area contributed by atoms with Gasteiger partial charge in [0.15, 0.2) is 28.5 Å². The smallest absolute Gasteiger partial charge is 0.310 e. The van der Waals surface area contributed by atoms with E-state index in [2.05, 4.69) is 10.1 Å². The molecule has 0 heterocycles. The van der Waals surface area contributed by atoms with E-state index in [1.807, 2.05) is 6.07 Å². The summed E-state index contributed by atoms with van der Waals surface area (Å²) < 4.78 is 109. The first-order valence-electron chi connectivity index (χ1n) is 10.8. The lowest BCUT2D eigenvalue weighted by Gasteiger charge is -2.40. The summed E-state index contributed by atoms with van der Waals surface area (Å²) in [5.74, 6) is -5.18. The third-order valence-corrected chi connectivity index (χ3v) is 6.40. The number of carbonyl (C=O) groups excluding carboxylic acids is 1. The highest BCUT2D eigenvalue weighted by Crippen LogP contribution is 3.02. The van der Waals surface area contributed by atoms with Gasteiger partial charge in [-0.2, -0.15) is 19.3 Å². The number of nitriles is 2. The van der Waals surface area contributed by atoms with E-state index in [4.69, 9.17) is 9.47 Å². The number of benzene rings is 3. The highest BCUT2D eigenvalue weighted by molar-refractivity contribution is 8.45. The molecule has 0 saturated heterocycles. The van der Waals surface area contributed by atoms with Crippen LogP contribution in [0.25, 0.3) is 0 Å². The maximum absolute atomic E-state index is 14.4. The van der Waals surface area contributed by atoms with Crippen molar-refractivity contribution in [3.63, 3.8) is 0 Å². The van der Waals surface area contributed by atoms with Crippen molar-refractivity contribution in [3.8, 4) is 35.1 Å². The SMILES string of the molecule is COc1ccc(Oc2ccc(C#N)cc2OCC(C)(C#N)NC(=O)c2ccc(S(F)(F)(F)(F)F)cc2)c(F)c1F. The molecule has 1 amide bonds. The van der Waals surface area contributed by atoms with Crippen LogP contribution in [0.3, 0.4) is 0 Å². The van der Waals surface area contributed by atoms with Crippen LogP contribution in [-0.2, 0) is 0 Å². The van der Waals surface area contributed by atoms with E-state index in [1.54, 1.807) is 6.07 Å². The third-order valence-electron chi connectivity index (χ3n) is 5.24. The van der Waals surface area contributed by atoms with Gasteiger partial charge in [-0.15, -0.1) is 0 Å². The Bertz CT molecular complexity index is 1550. The highest BCUT2D eigenvalue weighted by Gasteiger charge is 2.65. The molecule has 3 aromatic carbocycles. The normalized spacial score (nSPS) is 14.4. The minimum absolute atomic E-state index is 0.0504. The van der Waals surface area contributed by atoms with Crippen molar-refractivity contribution in [2.75, 3.05) is 13.7 Å². The molecule has 3 aromatic rings. The molecule has 1 unspecified atom stereocenters. The minimum Gasteiger partial charge on any atom is -0.494 e. The Labute approximate surface area is 223 Å². The van der Waals surface area contributed by atoms with Gasteiger partial charge < -0.3 is 19.5 Å². The predicted octanol–water partition coefficient (Wildman–Crippen LogP) is 7.39. The summed E-state index contributed by atoms with van der Waals surface area (Å²) in [7, 11) is -8.82. The summed E-state index contributed by atoms with van der Waals surface area (Å²) in [6.07, 6.45) is 0. The Hall–Kier alpha value is -4.63. The predicted molar refractivity (Wildman–Crippen MR) is 129 cm³/mol. The Morgan fingerprint density at radius 3 is 2.02 bits per heavy atom. The molecule has 0 bridgehead atoms. The van der Waals surface area contributed by atoms with Crippen molar-refractivity contribution in [1.29, 1.82) is 10.5 Å². The van der Waals surface area contributed by atoms with Crippen LogP contribution < -0.4 is 19.5 Å². The van der Waals surface area contributed by atoms with Crippen LogP contribution in [0.1, 0.15) is 22.8 Å². The average Bonchev–Trinajstić information content (AvgIpc) is 2.89. The number of ether oxygens (including phenoxy) is 3. The molecule has 3 rings (SSSR count). The van der Waals surface area contributed by atoms with Gasteiger partial charge in [-0.25, -0.2) is 0 Å². The van der Waals surface area contributed by atoms with Crippen molar-refractivity contribution in [1.82, 2.24) is 5.32 Å². The Balaban J connectivity index is 1.82. The molecule has 0 aliphatic rings. The topological polar surface area (TPSA) is 104 Å². The fourth-order valence-electron chi connectivity index (χ4n) is 3.15. The molecular weight excluding hydrogens is 571 g/mol. The van der Waals surface area contributed by atoms with Crippen LogP contribution >= 0.6 is 10.2 Å². The summed E-state index contributed by atoms with van der Waals surface area (Å²) in [5.41, 5.74) is -2.26. The zero-order chi connectivity index (χ0) is 30.0. The number of hydrogen-bond acceptors (Lipinski definition) is 6. The van der Waals surface area contributed by atoms with Gasteiger partial charge in [-0.05, 0) is 55.5 Å². The molecule has 40 heavy (non-hydrogen) atoms. The molecule has 0 saturated carbocycles. The molecule has 0 fully saturated rings. The molecule has 0 radical (unpaired) electrons. The largest absolute Gasteiger partial charge is 0.494 e. The number of carbonyl (C=O) groups is 1. The van der Waals surface area contributed by atoms with Crippen LogP contribution in [0.15, 0.2) is 59.5 Å². The number of rotatable bonds is 9. The zero-order valence-electron chi connectivity index (χ0n) is 20.5. The summed E-state index contributed by atoms with van der Waals surface area (Å²) in [6, 6.07) is 10.5. The lowest BCUT2D eigenvalue weighted by molar-refractivity contribution is 0.0900. The van der Waals surface area contributed by atoms with E-state index >= 15 is 0 Å². The molecular formula is C25H18F7N3O4S. The first-order valence-corrected chi connectivity index (χ1v) is 12.8. The van der Waals surface area contributed by atoms with Gasteiger partial charge >= 0.3 is 10.2 Å². The summed E-state index contributed by atoms with van der Waals surface area (Å²) in [6.45, 7) is 0.546. The van der Waals surface area contributed by atoms with Crippen LogP contribution in [0.4, 0.5) is 28.2 Å². The standard InChI is InChI=1S/C25H18F7N3O4S/c1-25(13-34,35-24(36)16-4-6-17(7-5-16)40(28,29,30,31)32)14-38-21-11-15(12-33)3-8-18(21)39-20-10-9-19(37-2)22(26)23(20)27/h3-11H,14H2,1-2H3,(H,35,36). The fraction of sp³-hybridized carbons (Fsp3) is 0.160. The Morgan fingerprint density at radius 2 is 1.48 bits per heavy atom. The molecule has 0 aliphatic carbocycles. The van der Waals surface area contributed by atoms with E-state index < -0.39 is 56.1 Å². The molecule has 1 atom stereocenters. The molecule has 7 nitrogen and oxygen atoms in total. The van der Waals surface area contributed by atoms with E-state index in [0.29, 0.717) is 12.1 Å². The zero-order valence-corrected chi connectivity index (χ0v) is 21.3. The number of hydrogen-bond donors (Lipinski definition) is 1. The maximum Gasteiger partial charge on any atom is 0.310 e. The molecule has 0 spiro atoms. The maximum atomic E-state index is 14.4. The fourth-order valence-corrected chi connectivity index (χ4v) is 3.80. The average molecular weight is 589 g/mol. The molecule has 1 N–H and O–H groups in total. The van der Waals surface area contributed by atoms with Gasteiger partial charge in [-0.1, -0.05) is 19.4 Å². The van der Waals surface area contributed by atoms with Crippen molar-refractivity contribution in [2.24, 2.45) is 0 Å². The second-order valence-corrected chi connectivity index (χ2v) is 10.9. The Morgan fingerprint density at radius 1 is 0.900 bits per heavy atom. The number of halogens is 7. The number of methoxy groups -OCH3 is 1. The summed E-state index contributed by atoms with van der Waals surface area (Å²) in [4.78, 5) is 10.4. The van der Waals surface area contributed by atoms with Crippen LogP contribution in [-0.4, -0.2) is 25.2 Å². The van der Waals surface area contributed by atoms with Gasteiger partial charge in [-0.3, -0.25) is 4.79 Å². The summed E-state index contributed by atoms with van der Waals surface area (Å²) >= 11 is 0.